The van der Waals surface area contributed by atoms with Crippen LogP contribution in [0.5, 0.6) is 5.75 Å². The van der Waals surface area contributed by atoms with Crippen LogP contribution < -0.4 is 15.8 Å². The fourth-order valence-corrected chi connectivity index (χ4v) is 2.18. The van der Waals surface area contributed by atoms with E-state index in [1.54, 1.807) is 18.2 Å². The summed E-state index contributed by atoms with van der Waals surface area (Å²) in [6, 6.07) is 7.08. The van der Waals surface area contributed by atoms with Gasteiger partial charge in [-0.15, -0.1) is 0 Å². The highest BCUT2D eigenvalue weighted by Gasteiger charge is 2.14. The van der Waals surface area contributed by atoms with Gasteiger partial charge in [-0.25, -0.2) is 4.98 Å². The molecule has 2 aromatic rings. The van der Waals surface area contributed by atoms with Crippen molar-refractivity contribution in [3.8, 4) is 5.75 Å². The van der Waals surface area contributed by atoms with Gasteiger partial charge in [-0.05, 0) is 41.1 Å². The molecule has 0 radical (unpaired) electrons. The summed E-state index contributed by atoms with van der Waals surface area (Å²) >= 11 is 3.31. The zero-order valence-corrected chi connectivity index (χ0v) is 12.7. The molecule has 0 saturated carbocycles. The van der Waals surface area contributed by atoms with Crippen molar-refractivity contribution < 1.29 is 9.53 Å². The maximum atomic E-state index is 12.3. The zero-order valence-electron chi connectivity index (χ0n) is 11.1. The van der Waals surface area contributed by atoms with Gasteiger partial charge in [-0.2, -0.15) is 0 Å². The van der Waals surface area contributed by atoms with Crippen LogP contribution in [0, 0.1) is 6.92 Å². The molecule has 0 spiro atoms. The summed E-state index contributed by atoms with van der Waals surface area (Å²) in [7, 11) is 1.53. The third kappa shape index (κ3) is 3.08. The molecule has 1 heterocycles. The van der Waals surface area contributed by atoms with E-state index >= 15 is 0 Å². The second-order valence-corrected chi connectivity index (χ2v) is 5.11. The molecule has 0 aliphatic heterocycles. The van der Waals surface area contributed by atoms with E-state index in [0.29, 0.717) is 27.3 Å². The standard InChI is InChI=1S/C14H14BrN3O2/c1-8-3-4-12(20-2)10(5-8)14(19)18-13-11(15)6-9(16)7-17-13/h3-7H,16H2,1-2H3,(H,17,18,19). The Hall–Kier alpha value is -2.08. The number of nitrogen functional groups attached to an aromatic ring is 1. The van der Waals surface area contributed by atoms with Gasteiger partial charge in [0.1, 0.15) is 11.6 Å². The van der Waals surface area contributed by atoms with Crippen LogP contribution in [0.25, 0.3) is 0 Å². The summed E-state index contributed by atoms with van der Waals surface area (Å²) < 4.78 is 5.82. The lowest BCUT2D eigenvalue weighted by molar-refractivity contribution is 0.102. The molecule has 0 aliphatic rings. The van der Waals surface area contributed by atoms with Crippen molar-refractivity contribution in [2.75, 3.05) is 18.2 Å². The number of ether oxygens (including phenoxy) is 1. The van der Waals surface area contributed by atoms with Crippen molar-refractivity contribution >= 4 is 33.3 Å². The number of rotatable bonds is 3. The predicted molar refractivity (Wildman–Crippen MR) is 82.0 cm³/mol. The molecule has 2 rings (SSSR count). The quantitative estimate of drug-likeness (QED) is 0.903. The van der Waals surface area contributed by atoms with Crippen LogP contribution in [0.15, 0.2) is 34.9 Å². The Balaban J connectivity index is 2.30. The smallest absolute Gasteiger partial charge is 0.260 e. The lowest BCUT2D eigenvalue weighted by Gasteiger charge is -2.10. The molecule has 6 heteroatoms. The van der Waals surface area contributed by atoms with E-state index in [0.717, 1.165) is 5.56 Å². The molecule has 0 saturated heterocycles. The third-order valence-corrected chi connectivity index (χ3v) is 3.30. The number of hydrogen-bond acceptors (Lipinski definition) is 4. The lowest BCUT2D eigenvalue weighted by Crippen LogP contribution is -2.15. The van der Waals surface area contributed by atoms with E-state index in [4.69, 9.17) is 10.5 Å². The number of nitrogens with zero attached hydrogens (tertiary/aromatic N) is 1. The number of hydrogen-bond donors (Lipinski definition) is 2. The number of pyridine rings is 1. The topological polar surface area (TPSA) is 77.2 Å². The van der Waals surface area contributed by atoms with Crippen LogP contribution >= 0.6 is 15.9 Å². The molecule has 3 N–H and O–H groups in total. The van der Waals surface area contributed by atoms with Crippen LogP contribution in [-0.2, 0) is 0 Å². The van der Waals surface area contributed by atoms with Crippen LogP contribution in [0.2, 0.25) is 0 Å². The Morgan fingerprint density at radius 2 is 2.15 bits per heavy atom. The normalized spacial score (nSPS) is 10.2. The summed E-state index contributed by atoms with van der Waals surface area (Å²) in [5, 5.41) is 2.72. The van der Waals surface area contributed by atoms with Crippen molar-refractivity contribution in [1.82, 2.24) is 4.98 Å². The average Bonchev–Trinajstić information content (AvgIpc) is 2.41. The number of anilines is 2. The second kappa shape index (κ2) is 5.92. The average molecular weight is 336 g/mol. The fraction of sp³-hybridized carbons (Fsp3) is 0.143. The molecule has 0 atom stereocenters. The highest BCUT2D eigenvalue weighted by molar-refractivity contribution is 9.10. The van der Waals surface area contributed by atoms with Gasteiger partial charge in [0.05, 0.1) is 29.0 Å². The Kier molecular flexibility index (Phi) is 4.24. The van der Waals surface area contributed by atoms with Gasteiger partial charge >= 0.3 is 0 Å². The van der Waals surface area contributed by atoms with Crippen LogP contribution in [0.3, 0.4) is 0 Å². The first-order valence-corrected chi connectivity index (χ1v) is 6.67. The van der Waals surface area contributed by atoms with Gasteiger partial charge in [-0.1, -0.05) is 11.6 Å². The summed E-state index contributed by atoms with van der Waals surface area (Å²) in [5.74, 6) is 0.635. The van der Waals surface area contributed by atoms with Crippen molar-refractivity contribution in [3.05, 3.63) is 46.1 Å². The van der Waals surface area contributed by atoms with Crippen molar-refractivity contribution in [2.24, 2.45) is 0 Å². The van der Waals surface area contributed by atoms with Gasteiger partial charge in [-0.3, -0.25) is 4.79 Å². The van der Waals surface area contributed by atoms with Gasteiger partial charge in [0.2, 0.25) is 0 Å². The van der Waals surface area contributed by atoms with Crippen molar-refractivity contribution in [3.63, 3.8) is 0 Å². The number of amides is 1. The van der Waals surface area contributed by atoms with E-state index in [1.807, 2.05) is 13.0 Å². The predicted octanol–water partition coefficient (Wildman–Crippen LogP) is 3.00. The van der Waals surface area contributed by atoms with Crippen molar-refractivity contribution in [1.29, 1.82) is 0 Å². The number of halogens is 1. The Morgan fingerprint density at radius 1 is 1.40 bits per heavy atom. The zero-order chi connectivity index (χ0) is 14.7. The molecule has 0 unspecified atom stereocenters. The van der Waals surface area contributed by atoms with Gasteiger partial charge in [0, 0.05) is 0 Å². The Labute approximate surface area is 125 Å². The molecule has 0 fully saturated rings. The number of carbonyl (C=O) groups is 1. The monoisotopic (exact) mass is 335 g/mol. The first-order chi connectivity index (χ1) is 9.51. The van der Waals surface area contributed by atoms with Crippen molar-refractivity contribution in [2.45, 2.75) is 6.92 Å². The summed E-state index contributed by atoms with van der Waals surface area (Å²) in [5.41, 5.74) is 7.56. The van der Waals surface area contributed by atoms with E-state index in [2.05, 4.69) is 26.2 Å². The summed E-state index contributed by atoms with van der Waals surface area (Å²) in [6.45, 7) is 1.91. The Morgan fingerprint density at radius 3 is 2.80 bits per heavy atom. The van der Waals surface area contributed by atoms with E-state index in [-0.39, 0.29) is 5.91 Å². The Bertz CT molecular complexity index is 659. The van der Waals surface area contributed by atoms with Gasteiger partial charge in [0.25, 0.3) is 5.91 Å². The first-order valence-electron chi connectivity index (χ1n) is 5.88. The molecular formula is C14H14BrN3O2. The van der Waals surface area contributed by atoms with Crippen LogP contribution in [-0.4, -0.2) is 18.0 Å². The molecular weight excluding hydrogens is 322 g/mol. The van der Waals surface area contributed by atoms with E-state index in [9.17, 15) is 4.79 Å². The second-order valence-electron chi connectivity index (χ2n) is 4.26. The molecule has 20 heavy (non-hydrogen) atoms. The maximum absolute atomic E-state index is 12.3. The highest BCUT2D eigenvalue weighted by Crippen LogP contribution is 2.25. The van der Waals surface area contributed by atoms with E-state index < -0.39 is 0 Å². The molecule has 1 amide bonds. The molecule has 1 aromatic heterocycles. The minimum atomic E-state index is -0.288. The largest absolute Gasteiger partial charge is 0.496 e. The number of aryl methyl sites for hydroxylation is 1. The molecule has 104 valence electrons. The molecule has 0 bridgehead atoms. The first kappa shape index (κ1) is 14.3. The highest BCUT2D eigenvalue weighted by atomic mass is 79.9. The third-order valence-electron chi connectivity index (χ3n) is 2.69. The summed E-state index contributed by atoms with van der Waals surface area (Å²) in [4.78, 5) is 16.4. The number of methoxy groups -OCH3 is 1. The van der Waals surface area contributed by atoms with Gasteiger partial charge in [0.15, 0.2) is 0 Å². The number of aromatic nitrogens is 1. The lowest BCUT2D eigenvalue weighted by atomic mass is 10.1. The van der Waals surface area contributed by atoms with Gasteiger partial charge < -0.3 is 15.8 Å². The molecule has 1 aromatic carbocycles. The minimum Gasteiger partial charge on any atom is -0.496 e. The SMILES string of the molecule is COc1ccc(C)cc1C(=O)Nc1ncc(N)cc1Br. The number of nitrogens with two attached hydrogens (primary N) is 1. The molecule has 5 nitrogen and oxygen atoms in total. The molecule has 0 aliphatic carbocycles. The number of benzene rings is 1. The number of carbonyl (C=O) groups excluding carboxylic acids is 1. The van der Waals surface area contributed by atoms with E-state index in [1.165, 1.54) is 13.3 Å². The fourth-order valence-electron chi connectivity index (χ4n) is 1.72. The summed E-state index contributed by atoms with van der Waals surface area (Å²) in [6.07, 6.45) is 1.48. The van der Waals surface area contributed by atoms with Crippen LogP contribution in [0.1, 0.15) is 15.9 Å². The maximum Gasteiger partial charge on any atom is 0.260 e. The number of nitrogens with one attached hydrogen (secondary N) is 1. The minimum absolute atomic E-state index is 0.288. The van der Waals surface area contributed by atoms with Crippen LogP contribution in [0.4, 0.5) is 11.5 Å².